The number of aliphatic carboxylic acids is 1. The van der Waals surface area contributed by atoms with Crippen LogP contribution in [0.3, 0.4) is 0 Å². The van der Waals surface area contributed by atoms with Crippen molar-refractivity contribution in [3.8, 4) is 0 Å². The minimum Gasteiger partial charge on any atom is -0.480 e. The highest BCUT2D eigenvalue weighted by molar-refractivity contribution is 7.89. The number of hydrogen-bond acceptors (Lipinski definition) is 11. The molecule has 3 amide bonds. The van der Waals surface area contributed by atoms with Gasteiger partial charge in [0.05, 0.1) is 24.5 Å². The molecule has 2 saturated heterocycles. The highest BCUT2D eigenvalue weighted by Crippen LogP contribution is 2.42. The van der Waals surface area contributed by atoms with Crippen molar-refractivity contribution in [1.82, 2.24) is 30.5 Å². The second kappa shape index (κ2) is 14.6. The van der Waals surface area contributed by atoms with E-state index < -0.39 is 58.9 Å². The van der Waals surface area contributed by atoms with Crippen LogP contribution in [0.5, 0.6) is 0 Å². The van der Waals surface area contributed by atoms with Crippen LogP contribution in [0.25, 0.3) is 0 Å². The van der Waals surface area contributed by atoms with E-state index in [1.54, 1.807) is 42.5 Å². The van der Waals surface area contributed by atoms with Gasteiger partial charge in [0, 0.05) is 36.9 Å². The lowest BCUT2D eigenvalue weighted by atomic mass is 9.76. The molecule has 0 spiro atoms. The van der Waals surface area contributed by atoms with Crippen molar-refractivity contribution in [2.75, 3.05) is 44.6 Å². The molecule has 0 aromatic heterocycles. The highest BCUT2D eigenvalue weighted by atomic mass is 32.2. The van der Waals surface area contributed by atoms with Crippen LogP contribution in [0, 0.1) is 5.92 Å². The maximum atomic E-state index is 13.6. The monoisotopic (exact) mass is 693 g/mol. The van der Waals surface area contributed by atoms with Crippen LogP contribution in [0.4, 0.5) is 5.69 Å². The number of amides is 3. The minimum atomic E-state index is -4.03. The zero-order valence-electron chi connectivity index (χ0n) is 26.7. The molecule has 2 atom stereocenters. The Morgan fingerprint density at radius 1 is 0.959 bits per heavy atom. The van der Waals surface area contributed by atoms with Crippen LogP contribution < -0.4 is 26.6 Å². The fraction of sp³-hybridized carbons (Fsp3) is 0.438. The number of carboxylic acid groups (broad SMARTS) is 1. The minimum absolute atomic E-state index is 0.0644. The molecule has 49 heavy (non-hydrogen) atoms. The third-order valence-electron chi connectivity index (χ3n) is 9.07. The SMILES string of the molecule is O=C(CNC(=O)c1cccc(NC2=NCCN2C2=NCCN2)c1)NC[C@@H](NC(=O)[C@H]1C2CCC(CC2)N1S(=O)(=O)c1ccccc1)C(=O)O. The van der Waals surface area contributed by atoms with Crippen LogP contribution in [0.2, 0.25) is 0 Å². The van der Waals surface area contributed by atoms with E-state index in [-0.39, 0.29) is 22.4 Å². The molecule has 1 aliphatic carbocycles. The third kappa shape index (κ3) is 7.51. The van der Waals surface area contributed by atoms with Crippen molar-refractivity contribution >= 4 is 51.3 Å². The third-order valence-corrected chi connectivity index (χ3v) is 11.0. The first-order valence-electron chi connectivity index (χ1n) is 16.3. The standard InChI is InChI=1S/C32H39N9O7S/c42-26(19-37-28(43)21-5-4-6-22(17-21)38-32-35-15-16-40(32)31-33-13-14-34-31)36-18-25(30(45)46)39-29(44)27-20-9-11-23(12-10-20)41(27)49(47,48)24-7-2-1-3-8-24/h1-8,17,20,23,25,27H,9-16,18-19H2,(H,33,34)(H,35,38)(H,36,42)(H,37,43)(H,39,44)(H,45,46)/t20?,23?,25-,27-/m1/s1. The topological polar surface area (TPSA) is 214 Å². The maximum absolute atomic E-state index is 13.6. The molecule has 1 saturated carbocycles. The Balaban J connectivity index is 1.02. The van der Waals surface area contributed by atoms with Crippen molar-refractivity contribution in [2.24, 2.45) is 15.9 Å². The number of piperidine rings is 2. The fourth-order valence-corrected chi connectivity index (χ4v) is 8.60. The summed E-state index contributed by atoms with van der Waals surface area (Å²) in [6.45, 7) is 1.80. The number of aliphatic imine (C=N–C) groups is 2. The number of benzene rings is 2. The van der Waals surface area contributed by atoms with Crippen molar-refractivity contribution in [3.63, 3.8) is 0 Å². The molecule has 17 heteroatoms. The van der Waals surface area contributed by atoms with E-state index in [9.17, 15) is 32.7 Å². The predicted octanol–water partition coefficient (Wildman–Crippen LogP) is -0.223. The number of rotatable bonds is 11. The van der Waals surface area contributed by atoms with E-state index in [0.29, 0.717) is 57.0 Å². The van der Waals surface area contributed by atoms with Crippen molar-refractivity contribution in [1.29, 1.82) is 0 Å². The predicted molar refractivity (Wildman–Crippen MR) is 179 cm³/mol. The number of hydrogen-bond donors (Lipinski definition) is 6. The van der Waals surface area contributed by atoms with E-state index >= 15 is 0 Å². The molecular formula is C32H39N9O7S. The molecule has 4 heterocycles. The number of nitrogens with one attached hydrogen (secondary N) is 5. The summed E-state index contributed by atoms with van der Waals surface area (Å²) in [5, 5.41) is 23.7. The summed E-state index contributed by atoms with van der Waals surface area (Å²) < 4.78 is 28.5. The van der Waals surface area contributed by atoms with Crippen LogP contribution in [0.15, 0.2) is 69.5 Å². The first kappa shape index (κ1) is 33.9. The number of guanidine groups is 2. The Kier molecular flexibility index (Phi) is 10.1. The van der Waals surface area contributed by atoms with E-state index in [2.05, 4.69) is 36.6 Å². The van der Waals surface area contributed by atoms with Gasteiger partial charge < -0.3 is 31.7 Å². The number of carboxylic acids is 1. The van der Waals surface area contributed by atoms with E-state index in [0.717, 1.165) is 12.5 Å². The Bertz CT molecular complexity index is 1760. The summed E-state index contributed by atoms with van der Waals surface area (Å²) >= 11 is 0. The molecule has 2 aromatic rings. The molecule has 2 bridgehead atoms. The normalized spacial score (nSPS) is 22.4. The summed E-state index contributed by atoms with van der Waals surface area (Å²) in [5.74, 6) is -2.24. The fourth-order valence-electron chi connectivity index (χ4n) is 6.69. The molecule has 0 unspecified atom stereocenters. The van der Waals surface area contributed by atoms with Crippen LogP contribution in [0.1, 0.15) is 36.0 Å². The summed E-state index contributed by atoms with van der Waals surface area (Å²) in [6, 6.07) is 11.6. The van der Waals surface area contributed by atoms with Crippen molar-refractivity contribution in [2.45, 2.75) is 48.7 Å². The first-order chi connectivity index (χ1) is 23.6. The van der Waals surface area contributed by atoms with Crippen LogP contribution in [-0.4, -0.2) is 116 Å². The Morgan fingerprint density at radius 3 is 2.45 bits per heavy atom. The number of sulfonamides is 1. The average molecular weight is 694 g/mol. The molecule has 5 aliphatic rings. The number of carbonyl (C=O) groups is 4. The van der Waals surface area contributed by atoms with Gasteiger partial charge in [-0.3, -0.25) is 29.3 Å². The first-order valence-corrected chi connectivity index (χ1v) is 17.7. The zero-order valence-corrected chi connectivity index (χ0v) is 27.5. The van der Waals surface area contributed by atoms with E-state index in [1.165, 1.54) is 16.4 Å². The molecule has 16 nitrogen and oxygen atoms in total. The van der Waals surface area contributed by atoms with Gasteiger partial charge in [0.25, 0.3) is 5.91 Å². The molecule has 0 radical (unpaired) electrons. The van der Waals surface area contributed by atoms with Gasteiger partial charge in [-0.2, -0.15) is 4.31 Å². The Morgan fingerprint density at radius 2 is 1.73 bits per heavy atom. The summed E-state index contributed by atoms with van der Waals surface area (Å²) in [5.41, 5.74) is 0.898. The van der Waals surface area contributed by atoms with Gasteiger partial charge >= 0.3 is 5.97 Å². The van der Waals surface area contributed by atoms with Gasteiger partial charge in [-0.05, 0) is 61.9 Å². The molecular weight excluding hydrogens is 654 g/mol. The number of anilines is 1. The number of carbonyl (C=O) groups excluding carboxylic acids is 3. The van der Waals surface area contributed by atoms with Gasteiger partial charge in [-0.15, -0.1) is 0 Å². The van der Waals surface area contributed by atoms with E-state index in [1.807, 2.05) is 4.90 Å². The Hall–Kier alpha value is -5.03. The number of fused-ring (bicyclic) bond motifs is 3. The zero-order chi connectivity index (χ0) is 34.5. The van der Waals surface area contributed by atoms with Gasteiger partial charge in [0.15, 0.2) is 0 Å². The van der Waals surface area contributed by atoms with Gasteiger partial charge in [-0.1, -0.05) is 24.3 Å². The molecule has 6 N–H and O–H groups in total. The summed E-state index contributed by atoms with van der Waals surface area (Å²) in [4.78, 5) is 62.0. The maximum Gasteiger partial charge on any atom is 0.328 e. The Labute approximate surface area is 283 Å². The number of nitrogens with zero attached hydrogens (tertiary/aromatic N) is 4. The van der Waals surface area contributed by atoms with Crippen molar-refractivity contribution < 1.29 is 32.7 Å². The lowest BCUT2D eigenvalue weighted by Gasteiger charge is -2.49. The smallest absolute Gasteiger partial charge is 0.328 e. The lowest BCUT2D eigenvalue weighted by Crippen LogP contribution is -2.64. The lowest BCUT2D eigenvalue weighted by molar-refractivity contribution is -0.143. The van der Waals surface area contributed by atoms with Gasteiger partial charge in [0.1, 0.15) is 12.1 Å². The average Bonchev–Trinajstić information content (AvgIpc) is 3.82. The molecule has 260 valence electrons. The van der Waals surface area contributed by atoms with Crippen LogP contribution in [-0.2, 0) is 24.4 Å². The van der Waals surface area contributed by atoms with Crippen molar-refractivity contribution in [3.05, 3.63) is 60.2 Å². The van der Waals surface area contributed by atoms with Crippen LogP contribution >= 0.6 is 0 Å². The molecule has 4 aliphatic heterocycles. The quantitative estimate of drug-likeness (QED) is 0.182. The summed E-state index contributed by atoms with van der Waals surface area (Å²) in [7, 11) is -4.03. The molecule has 2 aromatic carbocycles. The highest BCUT2D eigenvalue weighted by Gasteiger charge is 2.51. The second-order valence-electron chi connectivity index (χ2n) is 12.2. The largest absolute Gasteiger partial charge is 0.480 e. The molecule has 3 fully saturated rings. The summed E-state index contributed by atoms with van der Waals surface area (Å²) in [6.07, 6.45) is 2.54. The second-order valence-corrected chi connectivity index (χ2v) is 14.1. The van der Waals surface area contributed by atoms with Gasteiger partial charge in [0.2, 0.25) is 33.8 Å². The van der Waals surface area contributed by atoms with Gasteiger partial charge in [-0.25, -0.2) is 13.2 Å². The molecule has 7 rings (SSSR count). The van der Waals surface area contributed by atoms with E-state index in [4.69, 9.17) is 0 Å².